The van der Waals surface area contributed by atoms with E-state index < -0.39 is 0 Å². The summed E-state index contributed by atoms with van der Waals surface area (Å²) in [4.78, 5) is 13.4. The highest BCUT2D eigenvalue weighted by Crippen LogP contribution is 2.11. The molecule has 0 saturated heterocycles. The summed E-state index contributed by atoms with van der Waals surface area (Å²) in [5.41, 5.74) is 3.97. The Bertz CT molecular complexity index is 733. The number of anilines is 1. The minimum Gasteiger partial charge on any atom is -0.323 e. The van der Waals surface area contributed by atoms with Gasteiger partial charge in [-0.15, -0.1) is 0 Å². The molecule has 0 fully saturated rings. The zero-order valence-corrected chi connectivity index (χ0v) is 12.3. The van der Waals surface area contributed by atoms with Gasteiger partial charge in [0.2, 0.25) is 0 Å². The Morgan fingerprint density at radius 1 is 1.18 bits per heavy atom. The summed E-state index contributed by atoms with van der Waals surface area (Å²) in [6.45, 7) is 2.32. The van der Waals surface area contributed by atoms with Gasteiger partial charge in [0.25, 0.3) is 5.91 Å². The quantitative estimate of drug-likeness (QED) is 0.891. The number of carbonyl (C=O) groups is 1. The van der Waals surface area contributed by atoms with Crippen molar-refractivity contribution in [3.63, 3.8) is 0 Å². The molecule has 1 heterocycles. The first kappa shape index (κ1) is 14.3. The van der Waals surface area contributed by atoms with Gasteiger partial charge >= 0.3 is 0 Å². The van der Waals surface area contributed by atoms with E-state index in [1.807, 2.05) is 0 Å². The van der Waals surface area contributed by atoms with E-state index in [0.717, 1.165) is 19.5 Å². The Balaban J connectivity index is 1.60. The molecule has 0 radical (unpaired) electrons. The van der Waals surface area contributed by atoms with Crippen LogP contribution in [0.25, 0.3) is 0 Å². The fourth-order valence-corrected chi connectivity index (χ4v) is 2.89. The van der Waals surface area contributed by atoms with Crippen LogP contribution in [0.2, 0.25) is 0 Å². The molecule has 0 bridgehead atoms. The maximum absolute atomic E-state index is 12.2. The summed E-state index contributed by atoms with van der Waals surface area (Å²) in [6, 6.07) is 17.5. The van der Waals surface area contributed by atoms with Crippen LogP contribution in [-0.4, -0.2) is 19.0 Å². The van der Waals surface area contributed by atoms with Gasteiger partial charge in [-0.25, -0.2) is 0 Å². The molecule has 4 heteroatoms. The van der Waals surface area contributed by atoms with E-state index in [4.69, 9.17) is 5.26 Å². The number of amides is 1. The Labute approximate surface area is 130 Å². The summed E-state index contributed by atoms with van der Waals surface area (Å²) in [7, 11) is 0. The second-order valence-corrected chi connectivity index (χ2v) is 5.61. The summed E-state index contributed by atoms with van der Waals surface area (Å²) in [5, 5.41) is 11.8. The number of rotatable bonds is 3. The average molecular weight is 292 g/mol. The molecule has 3 rings (SSSR count). The minimum absolute atomic E-state index is 0.00975. The third-order valence-electron chi connectivity index (χ3n) is 3.99. The number of hydrogen-bond acceptors (Lipinski definition) is 2. The summed E-state index contributed by atoms with van der Waals surface area (Å²) < 4.78 is 0. The third-order valence-corrected chi connectivity index (χ3v) is 3.99. The van der Waals surface area contributed by atoms with E-state index in [2.05, 4.69) is 35.7 Å². The number of nitrogens with zero attached hydrogens (tertiary/aromatic N) is 1. The molecule has 110 valence electrons. The van der Waals surface area contributed by atoms with Gasteiger partial charge in [0.15, 0.2) is 6.54 Å². The van der Waals surface area contributed by atoms with Crippen LogP contribution < -0.4 is 10.2 Å². The van der Waals surface area contributed by atoms with Crippen molar-refractivity contribution >= 4 is 11.6 Å². The predicted octanol–water partition coefficient (Wildman–Crippen LogP) is 1.14. The molecule has 22 heavy (non-hydrogen) atoms. The van der Waals surface area contributed by atoms with Crippen LogP contribution >= 0.6 is 0 Å². The molecule has 4 nitrogen and oxygen atoms in total. The number of nitriles is 1. The lowest BCUT2D eigenvalue weighted by atomic mass is 10.00. The second-order valence-electron chi connectivity index (χ2n) is 5.61. The zero-order chi connectivity index (χ0) is 15.4. The number of hydrogen-bond donors (Lipinski definition) is 2. The van der Waals surface area contributed by atoms with Crippen molar-refractivity contribution in [3.05, 3.63) is 65.2 Å². The van der Waals surface area contributed by atoms with Crippen molar-refractivity contribution in [1.29, 1.82) is 5.26 Å². The van der Waals surface area contributed by atoms with Gasteiger partial charge in [0, 0.05) is 17.7 Å². The van der Waals surface area contributed by atoms with Crippen LogP contribution in [0, 0.1) is 11.3 Å². The van der Waals surface area contributed by atoms with Crippen LogP contribution in [-0.2, 0) is 17.8 Å². The van der Waals surface area contributed by atoms with Crippen LogP contribution in [0.5, 0.6) is 0 Å². The summed E-state index contributed by atoms with van der Waals surface area (Å²) in [6.07, 6.45) is 1.02. The summed E-state index contributed by atoms with van der Waals surface area (Å²) >= 11 is 0. The monoisotopic (exact) mass is 292 g/mol. The standard InChI is InChI=1S/C18H17N3O/c19-11-14-4-3-7-17(10-14)20-18(22)13-21-9-8-15-5-1-2-6-16(15)12-21/h1-7,10H,8-9,12-13H2,(H,20,22)/p+1. The molecule has 0 aliphatic carbocycles. The summed E-state index contributed by atoms with van der Waals surface area (Å²) in [5.74, 6) is -0.00975. The van der Waals surface area contributed by atoms with Gasteiger partial charge in [-0.1, -0.05) is 30.3 Å². The number of benzene rings is 2. The topological polar surface area (TPSA) is 57.3 Å². The van der Waals surface area contributed by atoms with Crippen molar-refractivity contribution in [1.82, 2.24) is 0 Å². The molecule has 2 aromatic rings. The molecule has 1 aliphatic heterocycles. The molecule has 2 aromatic carbocycles. The van der Waals surface area contributed by atoms with Gasteiger partial charge in [0.1, 0.15) is 6.54 Å². The molecule has 0 aromatic heterocycles. The van der Waals surface area contributed by atoms with Crippen LogP contribution in [0.1, 0.15) is 16.7 Å². The van der Waals surface area contributed by atoms with E-state index >= 15 is 0 Å². The molecule has 1 unspecified atom stereocenters. The lowest BCUT2D eigenvalue weighted by Gasteiger charge is -2.25. The SMILES string of the molecule is N#Cc1cccc(NC(=O)C[NH+]2CCc3ccccc3C2)c1. The van der Waals surface area contributed by atoms with Crippen molar-refractivity contribution in [3.8, 4) is 6.07 Å². The molecule has 1 atom stereocenters. The fraction of sp³-hybridized carbons (Fsp3) is 0.222. The smallest absolute Gasteiger partial charge is 0.279 e. The van der Waals surface area contributed by atoms with Crippen molar-refractivity contribution in [2.75, 3.05) is 18.4 Å². The van der Waals surface area contributed by atoms with E-state index in [1.165, 1.54) is 16.0 Å². The highest BCUT2D eigenvalue weighted by molar-refractivity contribution is 5.91. The number of quaternary nitrogens is 1. The number of fused-ring (bicyclic) bond motifs is 1. The van der Waals surface area contributed by atoms with Crippen molar-refractivity contribution in [2.45, 2.75) is 13.0 Å². The number of carbonyl (C=O) groups excluding carboxylic acids is 1. The van der Waals surface area contributed by atoms with Gasteiger partial charge in [-0.3, -0.25) is 4.79 Å². The highest BCUT2D eigenvalue weighted by atomic mass is 16.2. The molecule has 0 spiro atoms. The van der Waals surface area contributed by atoms with Gasteiger partial charge in [0.05, 0.1) is 18.2 Å². The largest absolute Gasteiger partial charge is 0.323 e. The van der Waals surface area contributed by atoms with E-state index in [-0.39, 0.29) is 5.91 Å². The maximum atomic E-state index is 12.2. The minimum atomic E-state index is -0.00975. The van der Waals surface area contributed by atoms with E-state index in [1.54, 1.807) is 24.3 Å². The molecule has 1 aliphatic rings. The van der Waals surface area contributed by atoms with Crippen molar-refractivity contribution in [2.24, 2.45) is 0 Å². The first-order chi connectivity index (χ1) is 10.7. The molecular formula is C18H18N3O+. The number of nitrogens with one attached hydrogen (secondary N) is 2. The Morgan fingerprint density at radius 3 is 2.82 bits per heavy atom. The zero-order valence-electron chi connectivity index (χ0n) is 12.3. The highest BCUT2D eigenvalue weighted by Gasteiger charge is 2.21. The lowest BCUT2D eigenvalue weighted by Crippen LogP contribution is -3.12. The Kier molecular flexibility index (Phi) is 4.17. The van der Waals surface area contributed by atoms with E-state index in [9.17, 15) is 4.79 Å². The van der Waals surface area contributed by atoms with E-state index in [0.29, 0.717) is 17.8 Å². The lowest BCUT2D eigenvalue weighted by molar-refractivity contribution is -0.907. The van der Waals surface area contributed by atoms with Crippen LogP contribution in [0.4, 0.5) is 5.69 Å². The fourth-order valence-electron chi connectivity index (χ4n) is 2.89. The molecule has 1 amide bonds. The van der Waals surface area contributed by atoms with Gasteiger partial charge in [-0.05, 0) is 23.8 Å². The first-order valence-electron chi connectivity index (χ1n) is 7.45. The normalized spacial score (nSPS) is 16.4. The Morgan fingerprint density at radius 2 is 2.00 bits per heavy atom. The second kappa shape index (κ2) is 6.42. The predicted molar refractivity (Wildman–Crippen MR) is 84.3 cm³/mol. The molecule has 2 N–H and O–H groups in total. The van der Waals surface area contributed by atoms with Crippen LogP contribution in [0.15, 0.2) is 48.5 Å². The first-order valence-corrected chi connectivity index (χ1v) is 7.45. The molecule has 0 saturated carbocycles. The van der Waals surface area contributed by atoms with Gasteiger partial charge < -0.3 is 10.2 Å². The third kappa shape index (κ3) is 3.33. The van der Waals surface area contributed by atoms with Crippen LogP contribution in [0.3, 0.4) is 0 Å². The maximum Gasteiger partial charge on any atom is 0.279 e. The Hall–Kier alpha value is -2.64. The molecular weight excluding hydrogens is 274 g/mol. The van der Waals surface area contributed by atoms with Gasteiger partial charge in [-0.2, -0.15) is 5.26 Å². The average Bonchev–Trinajstić information content (AvgIpc) is 2.55. The van der Waals surface area contributed by atoms with Crippen molar-refractivity contribution < 1.29 is 9.69 Å².